The van der Waals surface area contributed by atoms with Crippen LogP contribution in [-0.2, 0) is 4.74 Å². The summed E-state index contributed by atoms with van der Waals surface area (Å²) in [6.07, 6.45) is 0.834. The van der Waals surface area contributed by atoms with E-state index in [1.54, 1.807) is 6.07 Å². The molecule has 2 atom stereocenters. The number of phenolic OH excluding ortho intramolecular Hbond substituents is 1. The maximum atomic E-state index is 10.3. The van der Waals surface area contributed by atoms with E-state index in [1.807, 2.05) is 19.1 Å². The predicted molar refractivity (Wildman–Crippen MR) is 97.4 cm³/mol. The van der Waals surface area contributed by atoms with Gasteiger partial charge < -0.3 is 15.2 Å². The van der Waals surface area contributed by atoms with Crippen molar-refractivity contribution in [1.29, 1.82) is 0 Å². The molecule has 0 spiro atoms. The number of aromatic hydroxyl groups is 1. The van der Waals surface area contributed by atoms with E-state index in [1.165, 1.54) is 16.3 Å². The van der Waals surface area contributed by atoms with Crippen LogP contribution in [0.25, 0.3) is 10.8 Å². The highest BCUT2D eigenvalue weighted by Crippen LogP contribution is 2.45. The van der Waals surface area contributed by atoms with Gasteiger partial charge in [0.1, 0.15) is 5.75 Å². The van der Waals surface area contributed by atoms with E-state index in [0.717, 1.165) is 17.7 Å². The molecule has 3 heteroatoms. The van der Waals surface area contributed by atoms with Crippen molar-refractivity contribution < 1.29 is 9.84 Å². The second-order valence-electron chi connectivity index (χ2n) is 6.19. The summed E-state index contributed by atoms with van der Waals surface area (Å²) >= 11 is 0. The third-order valence-electron chi connectivity index (χ3n) is 4.76. The van der Waals surface area contributed by atoms with Crippen LogP contribution in [0.4, 0.5) is 5.69 Å². The molecule has 2 unspecified atom stereocenters. The first-order valence-corrected chi connectivity index (χ1v) is 8.45. The van der Waals surface area contributed by atoms with E-state index in [-0.39, 0.29) is 17.9 Å². The SMILES string of the molecule is CCOC1CC(c2cccc3ccccc23)Nc2c(O)cccc21. The summed E-state index contributed by atoms with van der Waals surface area (Å²) in [7, 11) is 0. The zero-order chi connectivity index (χ0) is 16.5. The molecule has 0 aromatic heterocycles. The third-order valence-corrected chi connectivity index (χ3v) is 4.76. The standard InChI is InChI=1S/C21H21NO2/c1-2-24-20-13-18(22-21-17(20)11-6-12-19(21)23)16-10-5-8-14-7-3-4-9-15(14)16/h3-12,18,20,22-23H,2,13H2,1H3. The average molecular weight is 319 g/mol. The molecule has 3 aromatic rings. The van der Waals surface area contributed by atoms with Gasteiger partial charge in [-0.2, -0.15) is 0 Å². The Bertz CT molecular complexity index is 869. The summed E-state index contributed by atoms with van der Waals surface area (Å²) in [6.45, 7) is 2.67. The Morgan fingerprint density at radius 3 is 2.62 bits per heavy atom. The highest BCUT2D eigenvalue weighted by molar-refractivity contribution is 5.86. The van der Waals surface area contributed by atoms with E-state index in [2.05, 4.69) is 47.8 Å². The summed E-state index contributed by atoms with van der Waals surface area (Å²) in [5, 5.41) is 16.3. The number of nitrogens with one attached hydrogen (secondary N) is 1. The molecule has 3 nitrogen and oxygen atoms in total. The largest absolute Gasteiger partial charge is 0.506 e. The molecule has 1 aliphatic rings. The number of ether oxygens (including phenoxy) is 1. The fourth-order valence-corrected chi connectivity index (χ4v) is 3.68. The first-order valence-electron chi connectivity index (χ1n) is 8.45. The van der Waals surface area contributed by atoms with Crippen LogP contribution in [0.3, 0.4) is 0 Å². The van der Waals surface area contributed by atoms with Gasteiger partial charge in [0.15, 0.2) is 0 Å². The average Bonchev–Trinajstić information content (AvgIpc) is 2.62. The van der Waals surface area contributed by atoms with Crippen molar-refractivity contribution in [2.75, 3.05) is 11.9 Å². The summed E-state index contributed by atoms with van der Waals surface area (Å²) in [5.41, 5.74) is 3.07. The van der Waals surface area contributed by atoms with E-state index in [0.29, 0.717) is 6.61 Å². The van der Waals surface area contributed by atoms with Crippen LogP contribution in [0.5, 0.6) is 5.75 Å². The molecule has 2 N–H and O–H groups in total. The van der Waals surface area contributed by atoms with Gasteiger partial charge in [0.05, 0.1) is 17.8 Å². The van der Waals surface area contributed by atoms with Crippen LogP contribution < -0.4 is 5.32 Å². The fraction of sp³-hybridized carbons (Fsp3) is 0.238. The minimum atomic E-state index is -0.0117. The highest BCUT2D eigenvalue weighted by atomic mass is 16.5. The quantitative estimate of drug-likeness (QED) is 0.654. The number of anilines is 1. The topological polar surface area (TPSA) is 41.5 Å². The molecule has 0 fully saturated rings. The van der Waals surface area contributed by atoms with Crippen molar-refractivity contribution in [3.63, 3.8) is 0 Å². The van der Waals surface area contributed by atoms with Crippen molar-refractivity contribution in [1.82, 2.24) is 0 Å². The van der Waals surface area contributed by atoms with E-state index in [4.69, 9.17) is 4.74 Å². The fourth-order valence-electron chi connectivity index (χ4n) is 3.68. The maximum absolute atomic E-state index is 10.3. The smallest absolute Gasteiger partial charge is 0.139 e. The second kappa shape index (κ2) is 6.17. The summed E-state index contributed by atoms with van der Waals surface area (Å²) in [5.74, 6) is 0.280. The molecule has 0 radical (unpaired) electrons. The lowest BCUT2D eigenvalue weighted by molar-refractivity contribution is 0.0498. The van der Waals surface area contributed by atoms with E-state index < -0.39 is 0 Å². The highest BCUT2D eigenvalue weighted by Gasteiger charge is 2.30. The molecular weight excluding hydrogens is 298 g/mol. The van der Waals surface area contributed by atoms with Crippen LogP contribution in [-0.4, -0.2) is 11.7 Å². The Balaban J connectivity index is 1.81. The van der Waals surface area contributed by atoms with Gasteiger partial charge in [-0.1, -0.05) is 54.6 Å². The minimum absolute atomic E-state index is 0.0117. The molecule has 1 aliphatic heterocycles. The predicted octanol–water partition coefficient (Wildman–Crippen LogP) is 5.18. The lowest BCUT2D eigenvalue weighted by atomic mass is 9.88. The molecular formula is C21H21NO2. The van der Waals surface area contributed by atoms with Crippen LogP contribution in [0, 0.1) is 0 Å². The number of benzene rings is 3. The van der Waals surface area contributed by atoms with Gasteiger partial charge in [-0.15, -0.1) is 0 Å². The monoisotopic (exact) mass is 319 g/mol. The van der Waals surface area contributed by atoms with Crippen LogP contribution in [0.2, 0.25) is 0 Å². The van der Waals surface area contributed by atoms with Crippen molar-refractivity contribution in [2.24, 2.45) is 0 Å². The molecule has 0 saturated carbocycles. The van der Waals surface area contributed by atoms with Crippen LogP contribution >= 0.6 is 0 Å². The van der Waals surface area contributed by atoms with Crippen LogP contribution in [0.1, 0.15) is 36.6 Å². The van der Waals surface area contributed by atoms with E-state index in [9.17, 15) is 5.11 Å². The molecule has 24 heavy (non-hydrogen) atoms. The lowest BCUT2D eigenvalue weighted by Gasteiger charge is -2.34. The van der Waals surface area contributed by atoms with Gasteiger partial charge in [-0.05, 0) is 29.3 Å². The van der Waals surface area contributed by atoms with Gasteiger partial charge in [0.2, 0.25) is 0 Å². The van der Waals surface area contributed by atoms with Gasteiger partial charge in [0, 0.05) is 18.6 Å². The van der Waals surface area contributed by atoms with Crippen molar-refractivity contribution >= 4 is 16.5 Å². The number of para-hydroxylation sites is 1. The summed E-state index contributed by atoms with van der Waals surface area (Å²) in [4.78, 5) is 0. The Morgan fingerprint density at radius 1 is 1.00 bits per heavy atom. The first-order chi connectivity index (χ1) is 11.8. The third kappa shape index (κ3) is 2.51. The van der Waals surface area contributed by atoms with Crippen molar-refractivity contribution in [2.45, 2.75) is 25.5 Å². The number of hydrogen-bond donors (Lipinski definition) is 2. The molecule has 0 bridgehead atoms. The molecule has 3 aromatic carbocycles. The minimum Gasteiger partial charge on any atom is -0.506 e. The first kappa shape index (κ1) is 15.0. The maximum Gasteiger partial charge on any atom is 0.139 e. The van der Waals surface area contributed by atoms with Crippen LogP contribution in [0.15, 0.2) is 60.7 Å². The zero-order valence-corrected chi connectivity index (χ0v) is 13.7. The number of hydrogen-bond acceptors (Lipinski definition) is 3. The number of fused-ring (bicyclic) bond motifs is 2. The van der Waals surface area contributed by atoms with Gasteiger partial charge >= 0.3 is 0 Å². The van der Waals surface area contributed by atoms with Gasteiger partial charge in [0.25, 0.3) is 0 Å². The molecule has 0 saturated heterocycles. The second-order valence-corrected chi connectivity index (χ2v) is 6.19. The molecule has 0 aliphatic carbocycles. The molecule has 122 valence electrons. The van der Waals surface area contributed by atoms with Crippen molar-refractivity contribution in [3.8, 4) is 5.75 Å². The van der Waals surface area contributed by atoms with Gasteiger partial charge in [-0.25, -0.2) is 0 Å². The number of phenols is 1. The molecule has 1 heterocycles. The summed E-state index contributed by atoms with van der Waals surface area (Å²) < 4.78 is 5.98. The van der Waals surface area contributed by atoms with Gasteiger partial charge in [-0.3, -0.25) is 0 Å². The Morgan fingerprint density at radius 2 is 1.75 bits per heavy atom. The summed E-state index contributed by atoms with van der Waals surface area (Å²) in [6, 6.07) is 20.5. The molecule has 4 rings (SSSR count). The molecule has 0 amide bonds. The Labute approximate surface area is 141 Å². The Hall–Kier alpha value is -2.52. The van der Waals surface area contributed by atoms with Crippen molar-refractivity contribution in [3.05, 3.63) is 71.8 Å². The Kier molecular flexibility index (Phi) is 3.87. The normalized spacial score (nSPS) is 19.7. The zero-order valence-electron chi connectivity index (χ0n) is 13.7. The lowest BCUT2D eigenvalue weighted by Crippen LogP contribution is -2.23. The van der Waals surface area contributed by atoms with E-state index >= 15 is 0 Å². The number of rotatable bonds is 3.